The fourth-order valence-corrected chi connectivity index (χ4v) is 3.65. The van der Waals surface area contributed by atoms with Gasteiger partial charge in [-0.15, -0.1) is 0 Å². The second-order valence-corrected chi connectivity index (χ2v) is 5.22. The minimum atomic E-state index is 1.01. The van der Waals surface area contributed by atoms with Crippen molar-refractivity contribution in [1.82, 2.24) is 0 Å². The molecule has 0 nitrogen and oxygen atoms in total. The number of fused-ring (bicyclic) bond motifs is 1. The Kier molecular flexibility index (Phi) is 1.57. The lowest BCUT2D eigenvalue weighted by Crippen LogP contribution is -2.15. The molecule has 0 aliphatic carbocycles. The molecule has 46 valence electrons. The maximum absolute atomic E-state index is 2.28. The van der Waals surface area contributed by atoms with Crippen molar-refractivity contribution in [3.8, 4) is 0 Å². The van der Waals surface area contributed by atoms with E-state index in [-0.39, 0.29) is 0 Å². The summed E-state index contributed by atoms with van der Waals surface area (Å²) in [5.41, 5.74) is 3.69. The van der Waals surface area contributed by atoms with Gasteiger partial charge in [-0.3, -0.25) is 0 Å². The summed E-state index contributed by atoms with van der Waals surface area (Å²) in [5, 5.41) is 1.53. The molecule has 0 saturated carbocycles. The van der Waals surface area contributed by atoms with Gasteiger partial charge in [-0.05, 0) is 10.8 Å². The minimum absolute atomic E-state index is 1.01. The molecular weight excluding hydrogens is 152 g/mol. The summed E-state index contributed by atoms with van der Waals surface area (Å²) in [5.74, 6) is 0. The zero-order valence-corrected chi connectivity index (χ0v) is 7.46. The van der Waals surface area contributed by atoms with E-state index in [4.69, 9.17) is 0 Å². The van der Waals surface area contributed by atoms with E-state index in [1.165, 1.54) is 10.8 Å². The van der Waals surface area contributed by atoms with E-state index >= 15 is 0 Å². The first kappa shape index (κ1) is 6.13. The molecule has 0 bridgehead atoms. The molecule has 2 heteroatoms. The van der Waals surface area contributed by atoms with Gasteiger partial charge in [-0.25, -0.2) is 0 Å². The highest BCUT2D eigenvalue weighted by atomic mass is 28.9. The summed E-state index contributed by atoms with van der Waals surface area (Å²) < 4.78 is 0. The van der Waals surface area contributed by atoms with Crippen LogP contribution in [0.2, 0.25) is 0 Å². The predicted octanol–water partition coefficient (Wildman–Crippen LogP) is 0.620. The lowest BCUT2D eigenvalue weighted by Gasteiger charge is -2.01. The van der Waals surface area contributed by atoms with Gasteiger partial charge in [0.25, 0.3) is 0 Å². The Balaban J connectivity index is 2.65. The van der Waals surface area contributed by atoms with Crippen molar-refractivity contribution in [3.63, 3.8) is 0 Å². The standard InChI is InChI=1S/C8H6Si2/c1-2-4-8-7(3-1)5-6-9-10-8/h1-6H. The van der Waals surface area contributed by atoms with Gasteiger partial charge in [-0.2, -0.15) is 0 Å². The minimum Gasteiger partial charge on any atom is -0.0803 e. The second kappa shape index (κ2) is 2.56. The molecule has 0 amide bonds. The largest absolute Gasteiger partial charge is 0.0803 e. The first-order chi connectivity index (χ1) is 4.97. The van der Waals surface area contributed by atoms with Gasteiger partial charge in [0.15, 0.2) is 0 Å². The van der Waals surface area contributed by atoms with Crippen molar-refractivity contribution in [2.45, 2.75) is 0 Å². The molecule has 0 fully saturated rings. The molecular formula is C8H6Si2. The average Bonchev–Trinajstić information content (AvgIpc) is 2.05. The van der Waals surface area contributed by atoms with E-state index in [0.717, 1.165) is 17.2 Å². The Morgan fingerprint density at radius 3 is 2.90 bits per heavy atom. The highest BCUT2D eigenvalue weighted by molar-refractivity contribution is 6.85. The van der Waals surface area contributed by atoms with E-state index in [1.807, 2.05) is 0 Å². The van der Waals surface area contributed by atoms with Gasteiger partial charge < -0.3 is 0 Å². The summed E-state index contributed by atoms with van der Waals surface area (Å²) in [6, 6.07) is 8.63. The Bertz CT molecular complexity index is 269. The van der Waals surface area contributed by atoms with Gasteiger partial charge in [0, 0.05) is 17.2 Å². The quantitative estimate of drug-likeness (QED) is 0.486. The number of rotatable bonds is 0. The molecule has 0 aromatic heterocycles. The summed E-state index contributed by atoms with van der Waals surface area (Å²) in [7, 11) is 2.03. The average molecular weight is 158 g/mol. The van der Waals surface area contributed by atoms with Crippen LogP contribution in [0.3, 0.4) is 0 Å². The molecule has 10 heavy (non-hydrogen) atoms. The van der Waals surface area contributed by atoms with Crippen LogP contribution in [0.15, 0.2) is 30.0 Å². The van der Waals surface area contributed by atoms with Crippen molar-refractivity contribution >= 4 is 28.5 Å². The Labute approximate surface area is 64.6 Å². The van der Waals surface area contributed by atoms with Crippen molar-refractivity contribution in [3.05, 3.63) is 35.5 Å². The summed E-state index contributed by atoms with van der Waals surface area (Å²) in [6.07, 6.45) is 2.23. The number of hydrogen-bond acceptors (Lipinski definition) is 0. The first-order valence-electron chi connectivity index (χ1n) is 3.24. The predicted molar refractivity (Wildman–Crippen MR) is 46.6 cm³/mol. The maximum atomic E-state index is 2.28. The van der Waals surface area contributed by atoms with E-state index in [0.29, 0.717) is 0 Å². The van der Waals surface area contributed by atoms with Crippen molar-refractivity contribution < 1.29 is 0 Å². The van der Waals surface area contributed by atoms with Crippen molar-refractivity contribution in [2.24, 2.45) is 0 Å². The number of benzene rings is 1. The molecule has 1 aliphatic rings. The fourth-order valence-electron chi connectivity index (χ4n) is 1.01. The summed E-state index contributed by atoms with van der Waals surface area (Å²) in [4.78, 5) is 0. The molecule has 0 atom stereocenters. The summed E-state index contributed by atoms with van der Waals surface area (Å²) in [6.45, 7) is 0. The highest BCUT2D eigenvalue weighted by Crippen LogP contribution is 1.98. The molecule has 1 aromatic rings. The summed E-state index contributed by atoms with van der Waals surface area (Å²) >= 11 is 0. The van der Waals surface area contributed by atoms with Crippen LogP contribution < -0.4 is 5.19 Å². The third-order valence-corrected chi connectivity index (χ3v) is 4.46. The van der Waals surface area contributed by atoms with Crippen LogP contribution in [-0.2, 0) is 0 Å². The molecule has 0 saturated heterocycles. The molecule has 1 heterocycles. The topological polar surface area (TPSA) is 0 Å². The molecule has 2 radical (unpaired) electrons. The van der Waals surface area contributed by atoms with E-state index in [1.54, 1.807) is 0 Å². The third kappa shape index (κ3) is 0.999. The molecule has 1 aliphatic heterocycles. The van der Waals surface area contributed by atoms with Crippen LogP contribution in [-0.4, -0.2) is 17.2 Å². The van der Waals surface area contributed by atoms with Crippen LogP contribution in [0.4, 0.5) is 0 Å². The van der Waals surface area contributed by atoms with E-state index in [2.05, 4.69) is 36.0 Å². The Morgan fingerprint density at radius 1 is 1.10 bits per heavy atom. The van der Waals surface area contributed by atoms with Crippen LogP contribution >= 0.6 is 0 Å². The van der Waals surface area contributed by atoms with Gasteiger partial charge in [0.1, 0.15) is 0 Å². The Morgan fingerprint density at radius 2 is 2.00 bits per heavy atom. The van der Waals surface area contributed by atoms with Crippen LogP contribution in [0, 0.1) is 0 Å². The van der Waals surface area contributed by atoms with Gasteiger partial charge in [0.2, 0.25) is 0 Å². The monoisotopic (exact) mass is 158 g/mol. The first-order valence-corrected chi connectivity index (χ1v) is 6.32. The van der Waals surface area contributed by atoms with Crippen molar-refractivity contribution in [1.29, 1.82) is 0 Å². The zero-order chi connectivity index (χ0) is 6.81. The molecule has 2 rings (SSSR count). The third-order valence-electron chi connectivity index (χ3n) is 1.51. The highest BCUT2D eigenvalue weighted by Gasteiger charge is 1.95. The normalized spacial score (nSPS) is 13.2. The van der Waals surface area contributed by atoms with Crippen LogP contribution in [0.1, 0.15) is 5.56 Å². The fraction of sp³-hybridized carbons (Fsp3) is 0. The SMILES string of the molecule is C1=Cc2ccccc2[Si]=[Si]1. The lowest BCUT2D eigenvalue weighted by molar-refractivity contribution is 1.72. The molecule has 0 unspecified atom stereocenters. The van der Waals surface area contributed by atoms with Gasteiger partial charge >= 0.3 is 0 Å². The van der Waals surface area contributed by atoms with Gasteiger partial charge in [0.05, 0.1) is 0 Å². The Hall–Kier alpha value is -0.606. The van der Waals surface area contributed by atoms with Crippen LogP contribution in [0.5, 0.6) is 0 Å². The molecule has 0 N–H and O–H groups in total. The smallest absolute Gasteiger partial charge is 0.0403 e. The maximum Gasteiger partial charge on any atom is 0.0403 e. The van der Waals surface area contributed by atoms with Gasteiger partial charge in [-0.1, -0.05) is 36.0 Å². The van der Waals surface area contributed by atoms with Crippen molar-refractivity contribution in [2.75, 3.05) is 0 Å². The molecule has 1 aromatic carbocycles. The second-order valence-electron chi connectivity index (χ2n) is 2.19. The van der Waals surface area contributed by atoms with E-state index in [9.17, 15) is 0 Å². The zero-order valence-electron chi connectivity index (χ0n) is 5.46. The van der Waals surface area contributed by atoms with E-state index < -0.39 is 0 Å². The lowest BCUT2D eigenvalue weighted by atomic mass is 10.2. The molecule has 0 spiro atoms. The van der Waals surface area contributed by atoms with Crippen LogP contribution in [0.25, 0.3) is 6.08 Å². The number of hydrogen-bond donors (Lipinski definition) is 0.